The van der Waals surface area contributed by atoms with E-state index in [1.165, 1.54) is 0 Å². The Kier molecular flexibility index (Phi) is 5.35. The summed E-state index contributed by atoms with van der Waals surface area (Å²) in [7, 11) is 0. The van der Waals surface area contributed by atoms with Gasteiger partial charge in [0.2, 0.25) is 5.43 Å². The van der Waals surface area contributed by atoms with Gasteiger partial charge < -0.3 is 9.67 Å². The second-order valence-corrected chi connectivity index (χ2v) is 6.75. The quantitative estimate of drug-likeness (QED) is 0.672. The summed E-state index contributed by atoms with van der Waals surface area (Å²) in [4.78, 5) is 29.3. The molecule has 7 heteroatoms. The van der Waals surface area contributed by atoms with Crippen LogP contribution in [0.3, 0.4) is 0 Å². The number of rotatable bonds is 4. The van der Waals surface area contributed by atoms with Crippen LogP contribution in [0, 0.1) is 6.92 Å². The maximum atomic E-state index is 13.2. The first-order valence-electron chi connectivity index (χ1n) is 8.23. The molecule has 0 radical (unpaired) electrons. The number of hydrogen-bond donors (Lipinski definition) is 1. The Morgan fingerprint density at radius 2 is 1.93 bits per heavy atom. The Morgan fingerprint density at radius 1 is 1.19 bits per heavy atom. The molecule has 0 atom stereocenters. The van der Waals surface area contributed by atoms with Crippen molar-refractivity contribution in [3.63, 3.8) is 0 Å². The van der Waals surface area contributed by atoms with Gasteiger partial charge in [0.05, 0.1) is 21.3 Å². The number of carbonyl (C=O) groups is 1. The van der Waals surface area contributed by atoms with E-state index in [-0.39, 0.29) is 10.6 Å². The second-order valence-electron chi connectivity index (χ2n) is 5.93. The van der Waals surface area contributed by atoms with Gasteiger partial charge in [0.25, 0.3) is 0 Å². The molecule has 2 aromatic heterocycles. The van der Waals surface area contributed by atoms with Gasteiger partial charge in [-0.15, -0.1) is 0 Å². The Bertz CT molecular complexity index is 1090. The average Bonchev–Trinajstić information content (AvgIpc) is 2.64. The maximum Gasteiger partial charge on any atom is 0.341 e. The molecule has 0 spiro atoms. The summed E-state index contributed by atoms with van der Waals surface area (Å²) >= 11 is 12.1. The molecule has 0 bridgehead atoms. The van der Waals surface area contributed by atoms with Crippen LogP contribution < -0.4 is 5.43 Å². The van der Waals surface area contributed by atoms with Crippen LogP contribution in [0.1, 0.15) is 23.0 Å². The molecule has 1 aromatic carbocycles. The predicted molar refractivity (Wildman–Crippen MR) is 107 cm³/mol. The van der Waals surface area contributed by atoms with Gasteiger partial charge in [0.15, 0.2) is 0 Å². The first-order valence-corrected chi connectivity index (χ1v) is 8.98. The standard InChI is InChI=1S/C20H16Cl2N2O3/c1-3-24-11(2)16(13-5-4-8-23-10-13)19(25)17(20(26)27)18(24)12-6-7-14(21)15(22)9-12/h4-10H,3H2,1-2H3,(H,26,27). The van der Waals surface area contributed by atoms with Crippen LogP contribution in [0.15, 0.2) is 47.5 Å². The molecule has 0 aliphatic rings. The van der Waals surface area contributed by atoms with Crippen molar-refractivity contribution < 1.29 is 9.90 Å². The number of hydrogen-bond acceptors (Lipinski definition) is 3. The van der Waals surface area contributed by atoms with E-state index in [1.807, 2.05) is 6.92 Å². The van der Waals surface area contributed by atoms with Crippen molar-refractivity contribution in [3.05, 3.63) is 74.3 Å². The Labute approximate surface area is 165 Å². The normalized spacial score (nSPS) is 10.8. The number of benzene rings is 1. The van der Waals surface area contributed by atoms with Crippen molar-refractivity contribution in [2.24, 2.45) is 0 Å². The van der Waals surface area contributed by atoms with E-state index < -0.39 is 11.4 Å². The highest BCUT2D eigenvalue weighted by Crippen LogP contribution is 2.32. The Morgan fingerprint density at radius 3 is 2.48 bits per heavy atom. The highest BCUT2D eigenvalue weighted by atomic mass is 35.5. The third-order valence-corrected chi connectivity index (χ3v) is 5.14. The number of aromatic carboxylic acids is 1. The van der Waals surface area contributed by atoms with Crippen molar-refractivity contribution in [2.45, 2.75) is 20.4 Å². The minimum atomic E-state index is -1.30. The molecule has 3 aromatic rings. The summed E-state index contributed by atoms with van der Waals surface area (Å²) in [6.45, 7) is 4.15. The monoisotopic (exact) mass is 402 g/mol. The minimum Gasteiger partial charge on any atom is -0.477 e. The van der Waals surface area contributed by atoms with Gasteiger partial charge in [-0.3, -0.25) is 9.78 Å². The molecule has 1 N–H and O–H groups in total. The van der Waals surface area contributed by atoms with Crippen LogP contribution in [-0.2, 0) is 6.54 Å². The van der Waals surface area contributed by atoms with Crippen LogP contribution in [0.5, 0.6) is 0 Å². The molecule has 0 unspecified atom stereocenters. The molecule has 2 heterocycles. The highest BCUT2D eigenvalue weighted by Gasteiger charge is 2.25. The molecule has 0 saturated heterocycles. The lowest BCUT2D eigenvalue weighted by Gasteiger charge is -2.21. The van der Waals surface area contributed by atoms with Crippen LogP contribution in [0.25, 0.3) is 22.4 Å². The van der Waals surface area contributed by atoms with Gasteiger partial charge in [-0.1, -0.05) is 35.3 Å². The van der Waals surface area contributed by atoms with Crippen LogP contribution >= 0.6 is 23.2 Å². The topological polar surface area (TPSA) is 72.2 Å². The lowest BCUT2D eigenvalue weighted by Crippen LogP contribution is -2.25. The molecule has 0 aliphatic carbocycles. The largest absolute Gasteiger partial charge is 0.477 e. The molecular weight excluding hydrogens is 387 g/mol. The van der Waals surface area contributed by atoms with Crippen LogP contribution in [-0.4, -0.2) is 20.6 Å². The summed E-state index contributed by atoms with van der Waals surface area (Å²) in [5.41, 5.74) is 1.51. The SMILES string of the molecule is CCn1c(C)c(-c2cccnc2)c(=O)c(C(=O)O)c1-c1ccc(Cl)c(Cl)c1. The van der Waals surface area contributed by atoms with Gasteiger partial charge >= 0.3 is 5.97 Å². The number of carboxylic acids is 1. The summed E-state index contributed by atoms with van der Waals surface area (Å²) in [6.07, 6.45) is 3.15. The third kappa shape index (κ3) is 3.36. The third-order valence-electron chi connectivity index (χ3n) is 4.40. The predicted octanol–water partition coefficient (Wildman–Crippen LogP) is 4.91. The molecular formula is C20H16Cl2N2O3. The first-order chi connectivity index (χ1) is 12.9. The lowest BCUT2D eigenvalue weighted by atomic mass is 9.97. The van der Waals surface area contributed by atoms with Crippen molar-refractivity contribution in [1.29, 1.82) is 0 Å². The van der Waals surface area contributed by atoms with Crippen molar-refractivity contribution in [2.75, 3.05) is 0 Å². The summed E-state index contributed by atoms with van der Waals surface area (Å²) in [5, 5.41) is 10.5. The molecule has 0 saturated carbocycles. The minimum absolute atomic E-state index is 0.287. The molecule has 3 rings (SSSR count). The van der Waals surface area contributed by atoms with Crippen molar-refractivity contribution in [1.82, 2.24) is 9.55 Å². The number of carboxylic acid groups (broad SMARTS) is 1. The smallest absolute Gasteiger partial charge is 0.341 e. The van der Waals surface area contributed by atoms with E-state index in [0.717, 1.165) is 0 Å². The number of pyridine rings is 2. The van der Waals surface area contributed by atoms with Crippen LogP contribution in [0.4, 0.5) is 0 Å². The fourth-order valence-corrected chi connectivity index (χ4v) is 3.52. The Hall–Kier alpha value is -2.63. The van der Waals surface area contributed by atoms with Crippen LogP contribution in [0.2, 0.25) is 10.0 Å². The number of aromatic nitrogens is 2. The van der Waals surface area contributed by atoms with Gasteiger partial charge in [-0.2, -0.15) is 0 Å². The van der Waals surface area contributed by atoms with Crippen molar-refractivity contribution in [3.8, 4) is 22.4 Å². The van der Waals surface area contributed by atoms with E-state index in [2.05, 4.69) is 4.98 Å². The number of halogens is 2. The summed E-state index contributed by atoms with van der Waals surface area (Å²) < 4.78 is 1.80. The van der Waals surface area contributed by atoms with E-state index in [0.29, 0.717) is 39.6 Å². The number of nitrogens with zero attached hydrogens (tertiary/aromatic N) is 2. The highest BCUT2D eigenvalue weighted by molar-refractivity contribution is 6.42. The Balaban J connectivity index is 2.46. The van der Waals surface area contributed by atoms with E-state index in [1.54, 1.807) is 54.2 Å². The molecule has 27 heavy (non-hydrogen) atoms. The van der Waals surface area contributed by atoms with Gasteiger partial charge in [0.1, 0.15) is 5.56 Å². The van der Waals surface area contributed by atoms with Gasteiger partial charge in [-0.25, -0.2) is 4.79 Å². The molecule has 138 valence electrons. The van der Waals surface area contributed by atoms with Gasteiger partial charge in [0, 0.05) is 35.8 Å². The van der Waals surface area contributed by atoms with Crippen molar-refractivity contribution >= 4 is 29.2 Å². The maximum absolute atomic E-state index is 13.2. The molecule has 0 amide bonds. The van der Waals surface area contributed by atoms with Gasteiger partial charge in [-0.05, 0) is 32.0 Å². The average molecular weight is 403 g/mol. The van der Waals surface area contributed by atoms with E-state index >= 15 is 0 Å². The summed E-state index contributed by atoms with van der Waals surface area (Å²) in [6, 6.07) is 8.25. The molecule has 0 aliphatic heterocycles. The zero-order valence-electron chi connectivity index (χ0n) is 14.7. The lowest BCUT2D eigenvalue weighted by molar-refractivity contribution is 0.0695. The first kappa shape index (κ1) is 19.1. The van der Waals surface area contributed by atoms with E-state index in [9.17, 15) is 14.7 Å². The second kappa shape index (κ2) is 7.55. The van der Waals surface area contributed by atoms with E-state index in [4.69, 9.17) is 23.2 Å². The zero-order chi connectivity index (χ0) is 19.7. The zero-order valence-corrected chi connectivity index (χ0v) is 16.2. The summed E-state index contributed by atoms with van der Waals surface area (Å²) in [5.74, 6) is -1.30. The fraction of sp³-hybridized carbons (Fsp3) is 0.150. The molecule has 0 fully saturated rings. The molecule has 5 nitrogen and oxygen atoms in total. The fourth-order valence-electron chi connectivity index (χ4n) is 3.22.